The second kappa shape index (κ2) is 9.30. The minimum Gasteiger partial charge on any atom is -0.483 e. The van der Waals surface area contributed by atoms with Crippen molar-refractivity contribution in [3.63, 3.8) is 0 Å². The number of rotatable bonds is 8. The Kier molecular flexibility index (Phi) is 7.75. The summed E-state index contributed by atoms with van der Waals surface area (Å²) in [6.07, 6.45) is 0. The number of nitrogens with zero attached hydrogens (tertiary/aromatic N) is 2. The van der Waals surface area contributed by atoms with Gasteiger partial charge in [0.15, 0.2) is 6.61 Å². The second-order valence-corrected chi connectivity index (χ2v) is 6.28. The summed E-state index contributed by atoms with van der Waals surface area (Å²) in [6.45, 7) is 11.4. The molecule has 1 aromatic carbocycles. The maximum atomic E-state index is 12.2. The van der Waals surface area contributed by atoms with Crippen molar-refractivity contribution in [2.24, 2.45) is 0 Å². The molecule has 24 heavy (non-hydrogen) atoms. The van der Waals surface area contributed by atoms with E-state index >= 15 is 0 Å². The number of carbonyl (C=O) groups excluding carboxylic acids is 2. The van der Waals surface area contributed by atoms with Gasteiger partial charge in [-0.05, 0) is 43.9 Å². The van der Waals surface area contributed by atoms with E-state index in [1.165, 1.54) is 10.5 Å². The van der Waals surface area contributed by atoms with Crippen LogP contribution in [-0.4, -0.2) is 54.9 Å². The largest absolute Gasteiger partial charge is 0.483 e. The highest BCUT2D eigenvalue weighted by atomic mass is 16.5. The first-order valence-electron chi connectivity index (χ1n) is 8.55. The van der Waals surface area contributed by atoms with Gasteiger partial charge in [-0.1, -0.05) is 26.0 Å². The average Bonchev–Trinajstić information content (AvgIpc) is 2.54. The van der Waals surface area contributed by atoms with Crippen molar-refractivity contribution in [3.05, 3.63) is 29.3 Å². The molecule has 2 amide bonds. The molecular formula is C19H30N2O3. The van der Waals surface area contributed by atoms with E-state index in [9.17, 15) is 9.59 Å². The summed E-state index contributed by atoms with van der Waals surface area (Å²) in [5.41, 5.74) is 2.17. The summed E-state index contributed by atoms with van der Waals surface area (Å²) in [4.78, 5) is 27.4. The molecule has 0 unspecified atom stereocenters. The Morgan fingerprint density at radius 2 is 1.75 bits per heavy atom. The van der Waals surface area contributed by atoms with Crippen LogP contribution in [0.5, 0.6) is 5.75 Å². The van der Waals surface area contributed by atoms with Crippen LogP contribution in [0.4, 0.5) is 0 Å². The number of ether oxygens (including phenoxy) is 1. The molecule has 0 heterocycles. The van der Waals surface area contributed by atoms with E-state index in [2.05, 4.69) is 19.9 Å². The van der Waals surface area contributed by atoms with Crippen LogP contribution >= 0.6 is 0 Å². The van der Waals surface area contributed by atoms with Gasteiger partial charge in [0.25, 0.3) is 5.91 Å². The molecule has 134 valence electrons. The van der Waals surface area contributed by atoms with Crippen molar-refractivity contribution in [3.8, 4) is 5.75 Å². The number of hydrogen-bond donors (Lipinski definition) is 0. The van der Waals surface area contributed by atoms with Gasteiger partial charge in [0.2, 0.25) is 5.91 Å². The maximum absolute atomic E-state index is 12.2. The lowest BCUT2D eigenvalue weighted by Crippen LogP contribution is -2.42. The minimum atomic E-state index is -0.204. The fraction of sp³-hybridized carbons (Fsp3) is 0.579. The summed E-state index contributed by atoms with van der Waals surface area (Å²) in [5.74, 6) is 0.870. The number of likely N-dealkylation sites (N-methyl/N-ethyl adjacent to an activating group) is 2. The van der Waals surface area contributed by atoms with Gasteiger partial charge < -0.3 is 14.5 Å². The molecule has 5 nitrogen and oxygen atoms in total. The van der Waals surface area contributed by atoms with Crippen LogP contribution in [0.1, 0.15) is 44.7 Å². The predicted octanol–water partition coefficient (Wildman–Crippen LogP) is 2.82. The molecule has 0 spiro atoms. The zero-order valence-corrected chi connectivity index (χ0v) is 15.8. The van der Waals surface area contributed by atoms with Crippen molar-refractivity contribution in [2.75, 3.05) is 33.3 Å². The molecule has 5 heteroatoms. The Bertz CT molecular complexity index is 566. The number of aryl methyl sites for hydroxylation is 1. The molecule has 0 saturated carbocycles. The molecule has 0 aliphatic carbocycles. The molecule has 0 fully saturated rings. The van der Waals surface area contributed by atoms with Crippen molar-refractivity contribution < 1.29 is 14.3 Å². The molecule has 1 rings (SSSR count). The molecular weight excluding hydrogens is 304 g/mol. The Balaban J connectivity index is 2.62. The maximum Gasteiger partial charge on any atom is 0.260 e. The Labute approximate surface area is 145 Å². The smallest absolute Gasteiger partial charge is 0.260 e. The standard InChI is InChI=1S/C19H30N2O3/c1-7-21(8-2)18(22)12-20(6)19(23)13-24-17-11-16(14(3)4)10-9-15(17)5/h9-11,14H,7-8,12-13H2,1-6H3. The molecule has 1 aromatic rings. The van der Waals surface area contributed by atoms with Gasteiger partial charge >= 0.3 is 0 Å². The summed E-state index contributed by atoms with van der Waals surface area (Å²) < 4.78 is 5.69. The number of carbonyl (C=O) groups is 2. The fourth-order valence-corrected chi connectivity index (χ4v) is 2.35. The number of amides is 2. The molecule has 0 aromatic heterocycles. The third-order valence-electron chi connectivity index (χ3n) is 4.14. The molecule has 0 saturated heterocycles. The Morgan fingerprint density at radius 3 is 2.29 bits per heavy atom. The summed E-state index contributed by atoms with van der Waals surface area (Å²) in [5, 5.41) is 0. The quantitative estimate of drug-likeness (QED) is 0.734. The van der Waals surface area contributed by atoms with Gasteiger partial charge in [0.05, 0.1) is 6.54 Å². The molecule has 0 bridgehead atoms. The van der Waals surface area contributed by atoms with Gasteiger partial charge in [-0.25, -0.2) is 0 Å². The van der Waals surface area contributed by atoms with Crippen molar-refractivity contribution >= 4 is 11.8 Å². The minimum absolute atomic E-state index is 0.0474. The summed E-state index contributed by atoms with van der Waals surface area (Å²) in [6, 6.07) is 6.06. The molecule has 0 aliphatic heterocycles. The lowest BCUT2D eigenvalue weighted by atomic mass is 10.0. The molecule has 0 aliphatic rings. The lowest BCUT2D eigenvalue weighted by molar-refractivity contribution is -0.140. The van der Waals surface area contributed by atoms with Crippen LogP contribution in [0.15, 0.2) is 18.2 Å². The van der Waals surface area contributed by atoms with Gasteiger partial charge in [0.1, 0.15) is 5.75 Å². The lowest BCUT2D eigenvalue weighted by Gasteiger charge is -2.23. The number of benzene rings is 1. The van der Waals surface area contributed by atoms with Crippen LogP contribution in [0.3, 0.4) is 0 Å². The van der Waals surface area contributed by atoms with Crippen LogP contribution in [0.25, 0.3) is 0 Å². The molecule has 0 N–H and O–H groups in total. The van der Waals surface area contributed by atoms with Crippen LogP contribution in [0.2, 0.25) is 0 Å². The van der Waals surface area contributed by atoms with Crippen LogP contribution in [-0.2, 0) is 9.59 Å². The van der Waals surface area contributed by atoms with Gasteiger partial charge in [0, 0.05) is 20.1 Å². The van der Waals surface area contributed by atoms with E-state index in [0.717, 1.165) is 11.3 Å². The summed E-state index contributed by atoms with van der Waals surface area (Å²) in [7, 11) is 1.63. The van der Waals surface area contributed by atoms with E-state index in [1.54, 1.807) is 11.9 Å². The van der Waals surface area contributed by atoms with E-state index in [4.69, 9.17) is 4.74 Å². The SMILES string of the molecule is CCN(CC)C(=O)CN(C)C(=O)COc1cc(C(C)C)ccc1C. The van der Waals surface area contributed by atoms with Crippen molar-refractivity contribution in [1.82, 2.24) is 9.80 Å². The Morgan fingerprint density at radius 1 is 1.12 bits per heavy atom. The second-order valence-electron chi connectivity index (χ2n) is 6.28. The first kappa shape index (κ1) is 20.0. The first-order valence-corrected chi connectivity index (χ1v) is 8.55. The van der Waals surface area contributed by atoms with Gasteiger partial charge in [-0.15, -0.1) is 0 Å². The van der Waals surface area contributed by atoms with Crippen molar-refractivity contribution in [2.45, 2.75) is 40.5 Å². The predicted molar refractivity (Wildman–Crippen MR) is 96.3 cm³/mol. The van der Waals surface area contributed by atoms with E-state index in [-0.39, 0.29) is 25.0 Å². The normalized spacial score (nSPS) is 10.6. The fourth-order valence-electron chi connectivity index (χ4n) is 2.35. The van der Waals surface area contributed by atoms with Crippen LogP contribution in [0, 0.1) is 6.92 Å². The van der Waals surface area contributed by atoms with Gasteiger partial charge in [-0.3, -0.25) is 9.59 Å². The topological polar surface area (TPSA) is 49.9 Å². The monoisotopic (exact) mass is 334 g/mol. The first-order chi connectivity index (χ1) is 11.3. The Hall–Kier alpha value is -2.04. The highest BCUT2D eigenvalue weighted by molar-refractivity contribution is 5.85. The van der Waals surface area contributed by atoms with Gasteiger partial charge in [-0.2, -0.15) is 0 Å². The van der Waals surface area contributed by atoms with E-state index < -0.39 is 0 Å². The van der Waals surface area contributed by atoms with E-state index in [0.29, 0.717) is 19.0 Å². The third kappa shape index (κ3) is 5.55. The highest BCUT2D eigenvalue weighted by Gasteiger charge is 2.17. The zero-order chi connectivity index (χ0) is 18.3. The van der Waals surface area contributed by atoms with E-state index in [1.807, 2.05) is 32.9 Å². The zero-order valence-electron chi connectivity index (χ0n) is 15.8. The molecule has 0 atom stereocenters. The third-order valence-corrected chi connectivity index (χ3v) is 4.14. The van der Waals surface area contributed by atoms with Crippen LogP contribution < -0.4 is 4.74 Å². The number of hydrogen-bond acceptors (Lipinski definition) is 3. The average molecular weight is 334 g/mol. The van der Waals surface area contributed by atoms with Crippen molar-refractivity contribution in [1.29, 1.82) is 0 Å². The molecule has 0 radical (unpaired) electrons. The highest BCUT2D eigenvalue weighted by Crippen LogP contribution is 2.24. The summed E-state index contributed by atoms with van der Waals surface area (Å²) >= 11 is 0.